The number of ether oxygens (including phenoxy) is 1. The number of aromatic nitrogens is 4. The summed E-state index contributed by atoms with van der Waals surface area (Å²) in [6, 6.07) is 15.6. The van der Waals surface area contributed by atoms with Crippen LogP contribution in [0, 0.1) is 12.7 Å². The molecular formula is C24H23FN4O2. The first-order chi connectivity index (χ1) is 15.1. The minimum Gasteiger partial charge on any atom is -0.424 e. The van der Waals surface area contributed by atoms with Crippen molar-refractivity contribution in [3.63, 3.8) is 0 Å². The van der Waals surface area contributed by atoms with Gasteiger partial charge in [0.1, 0.15) is 11.6 Å². The third-order valence-electron chi connectivity index (χ3n) is 5.09. The molecule has 2 aromatic carbocycles. The molecule has 2 aromatic heterocycles. The van der Waals surface area contributed by atoms with E-state index < -0.39 is 0 Å². The van der Waals surface area contributed by atoms with Gasteiger partial charge in [0.15, 0.2) is 0 Å². The quantitative estimate of drug-likeness (QED) is 0.447. The van der Waals surface area contributed by atoms with Crippen LogP contribution in [0.25, 0.3) is 22.6 Å². The van der Waals surface area contributed by atoms with Gasteiger partial charge in [-0.05, 0) is 55.8 Å². The maximum atomic E-state index is 13.5. The monoisotopic (exact) mass is 418 g/mol. The highest BCUT2D eigenvalue weighted by Gasteiger charge is 2.21. The van der Waals surface area contributed by atoms with Gasteiger partial charge in [0.2, 0.25) is 0 Å². The predicted molar refractivity (Wildman–Crippen MR) is 116 cm³/mol. The number of rotatable bonds is 7. The molecule has 1 N–H and O–H groups in total. The van der Waals surface area contributed by atoms with Crippen LogP contribution in [0.3, 0.4) is 0 Å². The molecule has 4 aromatic rings. The molecule has 2 heterocycles. The fourth-order valence-corrected chi connectivity index (χ4v) is 3.36. The first-order valence-electron chi connectivity index (χ1n) is 10.1. The minimum atomic E-state index is -0.317. The van der Waals surface area contributed by atoms with E-state index in [0.717, 1.165) is 11.1 Å². The Morgan fingerprint density at radius 2 is 1.77 bits per heavy atom. The van der Waals surface area contributed by atoms with E-state index in [0.29, 0.717) is 29.3 Å². The third-order valence-corrected chi connectivity index (χ3v) is 5.09. The summed E-state index contributed by atoms with van der Waals surface area (Å²) >= 11 is 0. The standard InChI is InChI=1S/C24H23FN4O2/c1-3-19(14-30)29-15-27-22(17-6-8-18(25)9-7-17)23(29)21-12-13-26-24(28-21)31-20-10-4-16(2)5-11-20/h4-13,15,19,30H,3,14H2,1-2H3. The highest BCUT2D eigenvalue weighted by Crippen LogP contribution is 2.34. The van der Waals surface area contributed by atoms with E-state index in [-0.39, 0.29) is 24.5 Å². The summed E-state index contributed by atoms with van der Waals surface area (Å²) < 4.78 is 21.2. The van der Waals surface area contributed by atoms with Crippen molar-refractivity contribution in [1.29, 1.82) is 0 Å². The van der Waals surface area contributed by atoms with Crippen molar-refractivity contribution >= 4 is 0 Å². The van der Waals surface area contributed by atoms with Gasteiger partial charge in [0.05, 0.1) is 36.1 Å². The van der Waals surface area contributed by atoms with Gasteiger partial charge >= 0.3 is 6.01 Å². The summed E-state index contributed by atoms with van der Waals surface area (Å²) in [5.41, 5.74) is 3.84. The normalized spacial score (nSPS) is 12.0. The lowest BCUT2D eigenvalue weighted by molar-refractivity contribution is 0.225. The molecule has 1 unspecified atom stereocenters. The Kier molecular flexibility index (Phi) is 6.04. The number of aliphatic hydroxyl groups excluding tert-OH is 1. The second-order valence-corrected chi connectivity index (χ2v) is 7.24. The van der Waals surface area contributed by atoms with Crippen LogP contribution in [0.2, 0.25) is 0 Å². The molecule has 0 bridgehead atoms. The van der Waals surface area contributed by atoms with Gasteiger partial charge in [0, 0.05) is 11.8 Å². The number of hydrogen-bond donors (Lipinski definition) is 1. The van der Waals surface area contributed by atoms with Crippen molar-refractivity contribution in [2.24, 2.45) is 0 Å². The molecule has 158 valence electrons. The topological polar surface area (TPSA) is 73.1 Å². The van der Waals surface area contributed by atoms with Gasteiger partial charge in [-0.3, -0.25) is 0 Å². The molecule has 1 atom stereocenters. The van der Waals surface area contributed by atoms with Gasteiger partial charge in [-0.1, -0.05) is 24.6 Å². The van der Waals surface area contributed by atoms with Crippen LogP contribution in [-0.2, 0) is 0 Å². The fourth-order valence-electron chi connectivity index (χ4n) is 3.36. The number of aliphatic hydroxyl groups is 1. The average molecular weight is 418 g/mol. The number of benzene rings is 2. The molecule has 0 aliphatic rings. The first kappa shape index (κ1) is 20.7. The van der Waals surface area contributed by atoms with Gasteiger partial charge < -0.3 is 14.4 Å². The molecule has 7 heteroatoms. The molecule has 31 heavy (non-hydrogen) atoms. The zero-order chi connectivity index (χ0) is 21.8. The molecule has 0 aliphatic heterocycles. The first-order valence-corrected chi connectivity index (χ1v) is 10.1. The Morgan fingerprint density at radius 3 is 2.45 bits per heavy atom. The van der Waals surface area contributed by atoms with Crippen molar-refractivity contribution in [2.45, 2.75) is 26.3 Å². The number of imidazole rings is 1. The Bertz CT molecular complexity index is 1150. The summed E-state index contributed by atoms with van der Waals surface area (Å²) in [6.07, 6.45) is 4.01. The SMILES string of the molecule is CCC(CO)n1cnc(-c2ccc(F)cc2)c1-c1ccnc(Oc2ccc(C)cc2)n1. The van der Waals surface area contributed by atoms with Crippen LogP contribution in [0.15, 0.2) is 67.1 Å². The van der Waals surface area contributed by atoms with E-state index in [1.807, 2.05) is 42.7 Å². The van der Waals surface area contributed by atoms with Crippen LogP contribution in [-0.4, -0.2) is 31.2 Å². The molecule has 0 radical (unpaired) electrons. The maximum absolute atomic E-state index is 13.5. The molecular weight excluding hydrogens is 395 g/mol. The summed E-state index contributed by atoms with van der Waals surface area (Å²) in [5, 5.41) is 9.88. The van der Waals surface area contributed by atoms with Crippen molar-refractivity contribution in [1.82, 2.24) is 19.5 Å². The average Bonchev–Trinajstić information content (AvgIpc) is 3.22. The van der Waals surface area contributed by atoms with E-state index in [1.165, 1.54) is 12.1 Å². The number of halogens is 1. The van der Waals surface area contributed by atoms with Crippen LogP contribution < -0.4 is 4.74 Å². The zero-order valence-electron chi connectivity index (χ0n) is 17.4. The predicted octanol–water partition coefficient (Wildman–Crippen LogP) is 5.19. The highest BCUT2D eigenvalue weighted by atomic mass is 19.1. The highest BCUT2D eigenvalue weighted by molar-refractivity contribution is 5.77. The molecule has 0 fully saturated rings. The van der Waals surface area contributed by atoms with Gasteiger partial charge in [-0.25, -0.2) is 14.4 Å². The van der Waals surface area contributed by atoms with Gasteiger partial charge in [0.25, 0.3) is 0 Å². The summed E-state index contributed by atoms with van der Waals surface area (Å²) in [4.78, 5) is 13.4. The lowest BCUT2D eigenvalue weighted by atomic mass is 10.1. The lowest BCUT2D eigenvalue weighted by Gasteiger charge is -2.18. The Labute approximate surface area is 180 Å². The Balaban J connectivity index is 1.79. The molecule has 0 aliphatic carbocycles. The maximum Gasteiger partial charge on any atom is 0.322 e. The fraction of sp³-hybridized carbons (Fsp3) is 0.208. The van der Waals surface area contributed by atoms with Gasteiger partial charge in [-0.2, -0.15) is 4.98 Å². The van der Waals surface area contributed by atoms with Crippen molar-refractivity contribution in [2.75, 3.05) is 6.61 Å². The summed E-state index contributed by atoms with van der Waals surface area (Å²) in [7, 11) is 0. The number of aryl methyl sites for hydroxylation is 1. The Hall–Kier alpha value is -3.58. The number of nitrogens with zero attached hydrogens (tertiary/aromatic N) is 4. The zero-order valence-corrected chi connectivity index (χ0v) is 17.4. The van der Waals surface area contributed by atoms with E-state index in [4.69, 9.17) is 4.74 Å². The van der Waals surface area contributed by atoms with Crippen LogP contribution in [0.4, 0.5) is 4.39 Å². The van der Waals surface area contributed by atoms with Crippen molar-refractivity contribution in [3.05, 3.63) is 78.5 Å². The van der Waals surface area contributed by atoms with E-state index >= 15 is 0 Å². The van der Waals surface area contributed by atoms with E-state index in [2.05, 4.69) is 15.0 Å². The summed E-state index contributed by atoms with van der Waals surface area (Å²) in [6.45, 7) is 3.96. The van der Waals surface area contributed by atoms with Gasteiger partial charge in [-0.15, -0.1) is 0 Å². The van der Waals surface area contributed by atoms with Crippen LogP contribution in [0.1, 0.15) is 24.9 Å². The largest absolute Gasteiger partial charge is 0.424 e. The second-order valence-electron chi connectivity index (χ2n) is 7.24. The molecule has 0 saturated carbocycles. The smallest absolute Gasteiger partial charge is 0.322 e. The second kappa shape index (κ2) is 9.06. The van der Waals surface area contributed by atoms with Crippen LogP contribution in [0.5, 0.6) is 11.8 Å². The number of hydrogen-bond acceptors (Lipinski definition) is 5. The van der Waals surface area contributed by atoms with E-state index in [9.17, 15) is 9.50 Å². The third kappa shape index (κ3) is 4.46. The molecule has 4 rings (SSSR count). The molecule has 0 spiro atoms. The van der Waals surface area contributed by atoms with E-state index in [1.54, 1.807) is 30.7 Å². The molecule has 0 amide bonds. The lowest BCUT2D eigenvalue weighted by Crippen LogP contribution is -2.13. The molecule has 0 saturated heterocycles. The van der Waals surface area contributed by atoms with Crippen LogP contribution >= 0.6 is 0 Å². The summed E-state index contributed by atoms with van der Waals surface area (Å²) in [5.74, 6) is 0.319. The minimum absolute atomic E-state index is 0.0411. The van der Waals surface area contributed by atoms with Crippen molar-refractivity contribution in [3.8, 4) is 34.4 Å². The van der Waals surface area contributed by atoms with Crippen molar-refractivity contribution < 1.29 is 14.2 Å². The Morgan fingerprint density at radius 1 is 1.03 bits per heavy atom. The molecule has 6 nitrogen and oxygen atoms in total.